The minimum absolute atomic E-state index is 0.0880. The van der Waals surface area contributed by atoms with Gasteiger partial charge in [-0.1, -0.05) is 45.7 Å². The van der Waals surface area contributed by atoms with E-state index >= 15 is 0 Å². The second kappa shape index (κ2) is 3.45. The normalized spacial score (nSPS) is 49.6. The Labute approximate surface area is 112 Å². The van der Waals surface area contributed by atoms with Crippen molar-refractivity contribution in [3.63, 3.8) is 0 Å². The molecular formula is C11H17Br2NO2. The number of rotatable bonds is 2. The molecule has 3 nitrogen and oxygen atoms in total. The lowest BCUT2D eigenvalue weighted by Crippen LogP contribution is -2.47. The molecule has 1 amide bonds. The predicted octanol–water partition coefficient (Wildman–Crippen LogP) is 1.94. The summed E-state index contributed by atoms with van der Waals surface area (Å²) in [7, 11) is 0. The third-order valence-electron chi connectivity index (χ3n) is 4.77. The number of hydrogen-bond donors (Lipinski definition) is 2. The van der Waals surface area contributed by atoms with Crippen molar-refractivity contribution in [2.45, 2.75) is 48.4 Å². The van der Waals surface area contributed by atoms with Gasteiger partial charge in [-0.15, -0.1) is 0 Å². The standard InChI is InChI=1S/C11H17Br2NO2/c1-9(2)8(16)11(13)4-3-10(9,7(11)12)5-6(14)15/h7-8,16H,3-5H2,1-2H3,(H2,14,15)/t7-,8+,10-,11+/m0/s1. The van der Waals surface area contributed by atoms with Gasteiger partial charge in [-0.25, -0.2) is 0 Å². The molecule has 0 saturated heterocycles. The monoisotopic (exact) mass is 353 g/mol. The zero-order valence-corrected chi connectivity index (χ0v) is 12.6. The van der Waals surface area contributed by atoms with E-state index in [1.807, 2.05) is 13.8 Å². The van der Waals surface area contributed by atoms with E-state index in [4.69, 9.17) is 5.73 Å². The SMILES string of the molecule is CC1(C)[C@@H](O)[C@@]2(Br)CC[C@]1(CC(N)=O)[C@@H]2Br. The first kappa shape index (κ1) is 12.8. The summed E-state index contributed by atoms with van der Waals surface area (Å²) in [5.41, 5.74) is 4.82. The molecule has 0 spiro atoms. The lowest BCUT2D eigenvalue weighted by Gasteiger charge is -2.45. The molecular weight excluding hydrogens is 338 g/mol. The summed E-state index contributed by atoms with van der Waals surface area (Å²) < 4.78 is -0.314. The van der Waals surface area contributed by atoms with E-state index in [9.17, 15) is 9.90 Å². The van der Waals surface area contributed by atoms with Crippen LogP contribution in [0.15, 0.2) is 0 Å². The Bertz CT molecular complexity index is 347. The first-order chi connectivity index (χ1) is 7.18. The van der Waals surface area contributed by atoms with Crippen molar-refractivity contribution in [2.75, 3.05) is 0 Å². The van der Waals surface area contributed by atoms with E-state index in [0.717, 1.165) is 12.8 Å². The van der Waals surface area contributed by atoms with Gasteiger partial charge in [0.2, 0.25) is 5.91 Å². The van der Waals surface area contributed by atoms with E-state index < -0.39 is 6.10 Å². The van der Waals surface area contributed by atoms with E-state index in [1.165, 1.54) is 0 Å². The summed E-state index contributed by atoms with van der Waals surface area (Å²) in [5.74, 6) is -0.289. The third kappa shape index (κ3) is 1.25. The maximum absolute atomic E-state index is 11.3. The highest BCUT2D eigenvalue weighted by molar-refractivity contribution is 9.12. The number of fused-ring (bicyclic) bond motifs is 2. The van der Waals surface area contributed by atoms with Crippen LogP contribution in [0, 0.1) is 10.8 Å². The van der Waals surface area contributed by atoms with Gasteiger partial charge >= 0.3 is 0 Å². The zero-order valence-electron chi connectivity index (χ0n) is 9.46. The third-order valence-corrected chi connectivity index (χ3v) is 8.37. The fourth-order valence-corrected chi connectivity index (χ4v) is 6.31. The molecule has 0 heterocycles. The molecule has 0 aliphatic heterocycles. The van der Waals surface area contributed by atoms with Crippen LogP contribution in [0.25, 0.3) is 0 Å². The Balaban J connectivity index is 2.48. The van der Waals surface area contributed by atoms with Crippen LogP contribution in [0.5, 0.6) is 0 Å². The topological polar surface area (TPSA) is 63.3 Å². The number of alkyl halides is 2. The number of aliphatic hydroxyl groups is 1. The molecule has 0 aromatic rings. The molecule has 2 rings (SSSR count). The number of carbonyl (C=O) groups excluding carboxylic acids is 1. The number of primary amides is 1. The first-order valence-electron chi connectivity index (χ1n) is 5.48. The Kier molecular flexibility index (Phi) is 2.77. The van der Waals surface area contributed by atoms with Crippen LogP contribution in [0.2, 0.25) is 0 Å². The highest BCUT2D eigenvalue weighted by atomic mass is 79.9. The minimum atomic E-state index is -0.461. The molecule has 2 aliphatic carbocycles. The summed E-state index contributed by atoms with van der Waals surface area (Å²) in [6.45, 7) is 4.05. The van der Waals surface area contributed by atoms with Gasteiger partial charge in [0.15, 0.2) is 0 Å². The summed E-state index contributed by atoms with van der Waals surface area (Å²) in [6.07, 6.45) is 1.67. The van der Waals surface area contributed by atoms with Gasteiger partial charge < -0.3 is 10.8 Å². The molecule has 0 unspecified atom stereocenters. The largest absolute Gasteiger partial charge is 0.391 e. The molecule has 4 atom stereocenters. The average Bonchev–Trinajstić information content (AvgIpc) is 2.46. The van der Waals surface area contributed by atoms with Crippen LogP contribution >= 0.6 is 31.9 Å². The summed E-state index contributed by atoms with van der Waals surface area (Å²) in [4.78, 5) is 11.4. The van der Waals surface area contributed by atoms with E-state index in [0.29, 0.717) is 6.42 Å². The van der Waals surface area contributed by atoms with Gasteiger partial charge in [-0.05, 0) is 18.3 Å². The molecule has 2 aliphatic rings. The average molecular weight is 355 g/mol. The highest BCUT2D eigenvalue weighted by Crippen LogP contribution is 2.72. The number of halogens is 2. The fraction of sp³-hybridized carbons (Fsp3) is 0.909. The van der Waals surface area contributed by atoms with Crippen LogP contribution in [-0.2, 0) is 4.79 Å². The van der Waals surface area contributed by atoms with Crippen molar-refractivity contribution < 1.29 is 9.90 Å². The van der Waals surface area contributed by atoms with E-state index in [2.05, 4.69) is 31.9 Å². The molecule has 2 bridgehead atoms. The van der Waals surface area contributed by atoms with E-state index in [-0.39, 0.29) is 25.9 Å². The van der Waals surface area contributed by atoms with Crippen molar-refractivity contribution in [1.82, 2.24) is 0 Å². The van der Waals surface area contributed by atoms with Crippen LogP contribution in [-0.4, -0.2) is 26.3 Å². The van der Waals surface area contributed by atoms with Gasteiger partial charge in [0.05, 0.1) is 10.4 Å². The van der Waals surface area contributed by atoms with Crippen molar-refractivity contribution >= 4 is 37.8 Å². The Morgan fingerprint density at radius 2 is 2.06 bits per heavy atom. The van der Waals surface area contributed by atoms with Crippen LogP contribution in [0.1, 0.15) is 33.1 Å². The van der Waals surface area contributed by atoms with Gasteiger partial charge in [0, 0.05) is 16.7 Å². The molecule has 0 aromatic carbocycles. The van der Waals surface area contributed by atoms with Gasteiger partial charge in [-0.3, -0.25) is 4.79 Å². The Hall–Kier alpha value is 0.390. The number of hydrogen-bond acceptors (Lipinski definition) is 2. The molecule has 2 saturated carbocycles. The van der Waals surface area contributed by atoms with Crippen molar-refractivity contribution in [3.8, 4) is 0 Å². The highest BCUT2D eigenvalue weighted by Gasteiger charge is 2.73. The molecule has 0 radical (unpaired) electrons. The maximum Gasteiger partial charge on any atom is 0.218 e. The number of aliphatic hydroxyl groups excluding tert-OH is 1. The van der Waals surface area contributed by atoms with Gasteiger partial charge in [0.1, 0.15) is 0 Å². The Morgan fingerprint density at radius 3 is 2.44 bits per heavy atom. The first-order valence-corrected chi connectivity index (χ1v) is 7.19. The van der Waals surface area contributed by atoms with E-state index in [1.54, 1.807) is 0 Å². The van der Waals surface area contributed by atoms with Crippen LogP contribution in [0.4, 0.5) is 0 Å². The number of amides is 1. The quantitative estimate of drug-likeness (QED) is 0.744. The number of nitrogens with two attached hydrogens (primary N) is 1. The minimum Gasteiger partial charge on any atom is -0.391 e. The molecule has 0 aromatic heterocycles. The fourth-order valence-electron chi connectivity index (χ4n) is 3.64. The van der Waals surface area contributed by atoms with Gasteiger partial charge in [0.25, 0.3) is 0 Å². The van der Waals surface area contributed by atoms with Crippen LogP contribution < -0.4 is 5.73 Å². The zero-order chi connectivity index (χ0) is 12.4. The predicted molar refractivity (Wildman–Crippen MR) is 69.6 cm³/mol. The summed E-state index contributed by atoms with van der Waals surface area (Å²) in [5, 5.41) is 10.4. The molecule has 16 heavy (non-hydrogen) atoms. The second-order valence-electron chi connectivity index (χ2n) is 5.71. The lowest BCUT2D eigenvalue weighted by atomic mass is 9.62. The molecule has 2 fully saturated rings. The second-order valence-corrected chi connectivity index (χ2v) is 8.10. The van der Waals surface area contributed by atoms with Crippen molar-refractivity contribution in [1.29, 1.82) is 0 Å². The molecule has 3 N–H and O–H groups in total. The number of carbonyl (C=O) groups is 1. The Morgan fingerprint density at radius 1 is 1.50 bits per heavy atom. The lowest BCUT2D eigenvalue weighted by molar-refractivity contribution is -0.123. The van der Waals surface area contributed by atoms with Crippen molar-refractivity contribution in [2.24, 2.45) is 16.6 Å². The smallest absolute Gasteiger partial charge is 0.218 e. The summed E-state index contributed by atoms with van der Waals surface area (Å²) >= 11 is 7.34. The maximum atomic E-state index is 11.3. The van der Waals surface area contributed by atoms with Crippen LogP contribution in [0.3, 0.4) is 0 Å². The van der Waals surface area contributed by atoms with Gasteiger partial charge in [-0.2, -0.15) is 0 Å². The molecule has 92 valence electrons. The summed E-state index contributed by atoms with van der Waals surface area (Å²) in [6, 6.07) is 0. The van der Waals surface area contributed by atoms with Crippen molar-refractivity contribution in [3.05, 3.63) is 0 Å². The molecule has 5 heteroatoms.